The second-order valence-electron chi connectivity index (χ2n) is 6.96. The van der Waals surface area contributed by atoms with E-state index in [0.717, 1.165) is 26.9 Å². The van der Waals surface area contributed by atoms with Crippen LogP contribution in [-0.4, -0.2) is 19.8 Å². The molecule has 25 heavy (non-hydrogen) atoms. The van der Waals surface area contributed by atoms with Crippen LogP contribution in [0.15, 0.2) is 48.5 Å². The molecule has 2 aromatic carbocycles. The smallest absolute Gasteiger partial charge is 0.182 e. The zero-order chi connectivity index (χ0) is 17.6. The Morgan fingerprint density at radius 2 is 1.52 bits per heavy atom. The van der Waals surface area contributed by atoms with Crippen LogP contribution in [0.5, 0.6) is 0 Å². The lowest BCUT2D eigenvalue weighted by atomic mass is 9.87. The zero-order valence-electron chi connectivity index (χ0n) is 14.2. The minimum Gasteiger partial charge on any atom is -0.182 e. The molecule has 0 N–H and O–H groups in total. The number of rotatable bonds is 2. The normalized spacial score (nSPS) is 12.0. The Kier molecular flexibility index (Phi) is 3.85. The Morgan fingerprint density at radius 1 is 0.880 bits per heavy atom. The van der Waals surface area contributed by atoms with Crippen LogP contribution < -0.4 is 0 Å². The maximum absolute atomic E-state index is 5.96. The van der Waals surface area contributed by atoms with Gasteiger partial charge in [0.1, 0.15) is 5.01 Å². The van der Waals surface area contributed by atoms with Crippen LogP contribution in [0, 0.1) is 0 Å². The Bertz CT molecular complexity index is 1020. The van der Waals surface area contributed by atoms with Crippen molar-refractivity contribution in [2.45, 2.75) is 26.2 Å². The number of hydrogen-bond donors (Lipinski definition) is 0. The van der Waals surface area contributed by atoms with Gasteiger partial charge in [0.25, 0.3) is 0 Å². The van der Waals surface area contributed by atoms with Crippen molar-refractivity contribution in [3.8, 4) is 22.0 Å². The highest BCUT2D eigenvalue weighted by Crippen LogP contribution is 2.30. The summed E-state index contributed by atoms with van der Waals surface area (Å²) >= 11 is 7.50. The van der Waals surface area contributed by atoms with Crippen molar-refractivity contribution in [1.29, 1.82) is 0 Å². The molecule has 0 unspecified atom stereocenters. The maximum atomic E-state index is 5.96. The minimum absolute atomic E-state index is 0.141. The van der Waals surface area contributed by atoms with Crippen LogP contribution in [0.1, 0.15) is 26.3 Å². The van der Waals surface area contributed by atoms with E-state index in [2.05, 4.69) is 55.2 Å². The molecule has 0 saturated carbocycles. The third-order valence-corrected chi connectivity index (χ3v) is 5.29. The second kappa shape index (κ2) is 5.93. The molecule has 2 heterocycles. The first kappa shape index (κ1) is 16.2. The van der Waals surface area contributed by atoms with E-state index in [1.165, 1.54) is 16.9 Å². The molecule has 0 saturated heterocycles. The molecule has 2 aromatic heterocycles. The zero-order valence-corrected chi connectivity index (χ0v) is 15.8. The predicted octanol–water partition coefficient (Wildman–Crippen LogP) is 5.47. The molecule has 0 spiro atoms. The van der Waals surface area contributed by atoms with Crippen LogP contribution in [0.4, 0.5) is 0 Å². The van der Waals surface area contributed by atoms with Gasteiger partial charge in [-0.15, -0.1) is 10.2 Å². The quantitative estimate of drug-likeness (QED) is 0.471. The molecule has 0 aliphatic heterocycles. The maximum Gasteiger partial charge on any atom is 0.235 e. The first-order valence-corrected chi connectivity index (χ1v) is 9.20. The third kappa shape index (κ3) is 3.05. The molecule has 126 valence electrons. The van der Waals surface area contributed by atoms with Crippen molar-refractivity contribution in [1.82, 2.24) is 19.8 Å². The highest BCUT2D eigenvalue weighted by molar-refractivity contribution is 7.19. The van der Waals surface area contributed by atoms with E-state index >= 15 is 0 Å². The van der Waals surface area contributed by atoms with E-state index < -0.39 is 0 Å². The molecule has 0 aliphatic carbocycles. The average molecular weight is 369 g/mol. The van der Waals surface area contributed by atoms with Crippen LogP contribution in [0.2, 0.25) is 5.02 Å². The van der Waals surface area contributed by atoms with Gasteiger partial charge in [-0.1, -0.05) is 68.0 Å². The third-order valence-electron chi connectivity index (χ3n) is 4.09. The average Bonchev–Trinajstić information content (AvgIpc) is 3.16. The van der Waals surface area contributed by atoms with E-state index in [0.29, 0.717) is 5.02 Å². The van der Waals surface area contributed by atoms with Crippen molar-refractivity contribution in [3.05, 3.63) is 59.1 Å². The molecule has 4 nitrogen and oxygen atoms in total. The lowest BCUT2D eigenvalue weighted by molar-refractivity contribution is 0.590. The molecule has 0 fully saturated rings. The van der Waals surface area contributed by atoms with Crippen LogP contribution >= 0.6 is 22.9 Å². The van der Waals surface area contributed by atoms with Gasteiger partial charge in [-0.3, -0.25) is 0 Å². The van der Waals surface area contributed by atoms with E-state index in [-0.39, 0.29) is 5.41 Å². The summed E-state index contributed by atoms with van der Waals surface area (Å²) in [6.07, 6.45) is 0. The molecule has 4 aromatic rings. The summed E-state index contributed by atoms with van der Waals surface area (Å²) in [7, 11) is 0. The molecule has 0 bridgehead atoms. The number of halogens is 1. The van der Waals surface area contributed by atoms with Gasteiger partial charge in [0.15, 0.2) is 5.82 Å². The fourth-order valence-electron chi connectivity index (χ4n) is 2.63. The van der Waals surface area contributed by atoms with Crippen LogP contribution in [-0.2, 0) is 5.41 Å². The topological polar surface area (TPSA) is 43.1 Å². The Morgan fingerprint density at radius 3 is 2.16 bits per heavy atom. The fraction of sp³-hybridized carbons (Fsp3) is 0.211. The van der Waals surface area contributed by atoms with Crippen molar-refractivity contribution in [2.75, 3.05) is 0 Å². The van der Waals surface area contributed by atoms with Gasteiger partial charge < -0.3 is 0 Å². The minimum atomic E-state index is 0.141. The van der Waals surface area contributed by atoms with Gasteiger partial charge in [-0.25, -0.2) is 0 Å². The summed E-state index contributed by atoms with van der Waals surface area (Å²) in [4.78, 5) is 0.778. The molecule has 4 rings (SSSR count). The molecular formula is C19H17ClN4S. The van der Waals surface area contributed by atoms with Gasteiger partial charge in [0, 0.05) is 16.1 Å². The van der Waals surface area contributed by atoms with Gasteiger partial charge in [0.05, 0.1) is 0 Å². The number of fused-ring (bicyclic) bond motifs is 1. The standard InChI is InChI=1S/C19H17ClN4S/c1-19(2,3)14-8-4-13(5-9-14)17-23-24-16(21-22-18(24)25-17)12-6-10-15(20)11-7-12/h4-11H,1-3H3. The van der Waals surface area contributed by atoms with Crippen molar-refractivity contribution in [3.63, 3.8) is 0 Å². The van der Waals surface area contributed by atoms with E-state index in [4.69, 9.17) is 16.7 Å². The van der Waals surface area contributed by atoms with Crippen LogP contribution in [0.25, 0.3) is 26.9 Å². The largest absolute Gasteiger partial charge is 0.235 e. The van der Waals surface area contributed by atoms with Gasteiger partial charge in [0.2, 0.25) is 4.96 Å². The van der Waals surface area contributed by atoms with Gasteiger partial charge in [-0.2, -0.15) is 9.61 Å². The number of benzene rings is 2. The van der Waals surface area contributed by atoms with E-state index in [9.17, 15) is 0 Å². The van der Waals surface area contributed by atoms with E-state index in [1.807, 2.05) is 24.3 Å². The van der Waals surface area contributed by atoms with E-state index in [1.54, 1.807) is 4.52 Å². The van der Waals surface area contributed by atoms with Crippen molar-refractivity contribution >= 4 is 27.9 Å². The highest BCUT2D eigenvalue weighted by Gasteiger charge is 2.16. The summed E-state index contributed by atoms with van der Waals surface area (Å²) in [5, 5.41) is 14.8. The molecule has 0 amide bonds. The van der Waals surface area contributed by atoms with Gasteiger partial charge in [-0.05, 0) is 35.2 Å². The monoisotopic (exact) mass is 368 g/mol. The summed E-state index contributed by atoms with van der Waals surface area (Å²) in [5.41, 5.74) is 3.48. The fourth-order valence-corrected chi connectivity index (χ4v) is 3.60. The second-order valence-corrected chi connectivity index (χ2v) is 8.35. The number of aromatic nitrogens is 4. The first-order chi connectivity index (χ1) is 11.9. The first-order valence-electron chi connectivity index (χ1n) is 8.01. The SMILES string of the molecule is CC(C)(C)c1ccc(-c2nn3c(-c4ccc(Cl)cc4)nnc3s2)cc1. The molecule has 0 aliphatic rings. The van der Waals surface area contributed by atoms with Gasteiger partial charge >= 0.3 is 0 Å². The highest BCUT2D eigenvalue weighted by atomic mass is 35.5. The molecule has 6 heteroatoms. The van der Waals surface area contributed by atoms with Crippen molar-refractivity contribution in [2.24, 2.45) is 0 Å². The predicted molar refractivity (Wildman–Crippen MR) is 103 cm³/mol. The Labute approximate surface area is 155 Å². The number of hydrogen-bond acceptors (Lipinski definition) is 4. The molecule has 0 atom stereocenters. The molecule has 0 radical (unpaired) electrons. The summed E-state index contributed by atoms with van der Waals surface area (Å²) < 4.78 is 1.79. The summed E-state index contributed by atoms with van der Waals surface area (Å²) in [5.74, 6) is 0.723. The lowest BCUT2D eigenvalue weighted by Gasteiger charge is -2.18. The summed E-state index contributed by atoms with van der Waals surface area (Å²) in [6, 6.07) is 16.1. The van der Waals surface area contributed by atoms with Crippen LogP contribution in [0.3, 0.4) is 0 Å². The summed E-state index contributed by atoms with van der Waals surface area (Å²) in [6.45, 7) is 6.64. The number of nitrogens with zero attached hydrogens (tertiary/aromatic N) is 4. The Hall–Kier alpha value is -2.24. The molecular weight excluding hydrogens is 352 g/mol. The lowest BCUT2D eigenvalue weighted by Crippen LogP contribution is -2.10. The van der Waals surface area contributed by atoms with Crippen molar-refractivity contribution < 1.29 is 0 Å². The Balaban J connectivity index is 1.74.